The normalized spacial score (nSPS) is 10.7. The number of nitrogens with two attached hydrogens (primary N) is 1. The van der Waals surface area contributed by atoms with Crippen LogP contribution in [0.15, 0.2) is 24.3 Å². The lowest BCUT2D eigenvalue weighted by atomic mass is 10.1. The van der Waals surface area contributed by atoms with Gasteiger partial charge >= 0.3 is 0 Å². The lowest BCUT2D eigenvalue weighted by Gasteiger charge is -1.99. The highest BCUT2D eigenvalue weighted by Gasteiger charge is 2.09. The molecule has 16 heavy (non-hydrogen) atoms. The molecule has 0 aliphatic carbocycles. The van der Waals surface area contributed by atoms with Crippen molar-refractivity contribution in [2.24, 2.45) is 5.90 Å². The number of aromatic nitrogens is 1. The number of hydrogen-bond acceptors (Lipinski definition) is 4. The summed E-state index contributed by atoms with van der Waals surface area (Å²) in [5.74, 6) is 5.05. The van der Waals surface area contributed by atoms with Crippen molar-refractivity contribution in [2.45, 2.75) is 20.5 Å². The van der Waals surface area contributed by atoms with Crippen molar-refractivity contribution in [1.29, 1.82) is 0 Å². The van der Waals surface area contributed by atoms with E-state index in [9.17, 15) is 0 Å². The first kappa shape index (κ1) is 11.3. The molecule has 0 unspecified atom stereocenters. The van der Waals surface area contributed by atoms with Crippen molar-refractivity contribution < 1.29 is 4.84 Å². The van der Waals surface area contributed by atoms with Gasteiger partial charge in [-0.3, -0.25) is 4.84 Å². The molecular weight excluding hydrogens is 220 g/mol. The maximum absolute atomic E-state index is 5.05. The molecule has 0 radical (unpaired) electrons. The molecule has 3 nitrogen and oxygen atoms in total. The summed E-state index contributed by atoms with van der Waals surface area (Å²) in [4.78, 5) is 10.3. The van der Waals surface area contributed by atoms with Crippen LogP contribution in [0, 0.1) is 13.8 Å². The van der Waals surface area contributed by atoms with Crippen LogP contribution in [0.5, 0.6) is 0 Å². The molecule has 2 rings (SSSR count). The topological polar surface area (TPSA) is 48.1 Å². The second kappa shape index (κ2) is 4.74. The van der Waals surface area contributed by atoms with Crippen molar-refractivity contribution in [3.63, 3.8) is 0 Å². The van der Waals surface area contributed by atoms with Crippen LogP contribution in [0.4, 0.5) is 0 Å². The van der Waals surface area contributed by atoms with Crippen molar-refractivity contribution in [3.05, 3.63) is 39.7 Å². The van der Waals surface area contributed by atoms with Gasteiger partial charge < -0.3 is 0 Å². The molecule has 0 amide bonds. The summed E-state index contributed by atoms with van der Waals surface area (Å²) >= 11 is 1.62. The van der Waals surface area contributed by atoms with Gasteiger partial charge in [0.05, 0.1) is 5.69 Å². The SMILES string of the molecule is Cc1ccc(-c2nc(CON)sc2C)cc1. The maximum atomic E-state index is 5.05. The van der Waals surface area contributed by atoms with Gasteiger partial charge in [0.25, 0.3) is 0 Å². The second-order valence-corrected chi connectivity index (χ2v) is 4.98. The molecule has 1 aromatic carbocycles. The fourth-order valence-electron chi connectivity index (χ4n) is 1.56. The third kappa shape index (κ3) is 2.29. The maximum Gasteiger partial charge on any atom is 0.121 e. The van der Waals surface area contributed by atoms with Crippen LogP contribution >= 0.6 is 11.3 Å². The molecule has 0 spiro atoms. The largest absolute Gasteiger partial charge is 0.297 e. The first-order chi connectivity index (χ1) is 7.70. The van der Waals surface area contributed by atoms with Gasteiger partial charge in [0.1, 0.15) is 11.6 Å². The average Bonchev–Trinajstić information content (AvgIpc) is 2.61. The summed E-state index contributed by atoms with van der Waals surface area (Å²) in [6.07, 6.45) is 0. The summed E-state index contributed by atoms with van der Waals surface area (Å²) in [6.45, 7) is 4.51. The Labute approximate surface area is 98.9 Å². The van der Waals surface area contributed by atoms with E-state index in [0.29, 0.717) is 6.61 Å². The van der Waals surface area contributed by atoms with Crippen LogP contribution in [0.25, 0.3) is 11.3 Å². The monoisotopic (exact) mass is 234 g/mol. The van der Waals surface area contributed by atoms with Crippen LogP contribution in [-0.4, -0.2) is 4.98 Å². The quantitative estimate of drug-likeness (QED) is 0.831. The lowest BCUT2D eigenvalue weighted by Crippen LogP contribution is -1.97. The average molecular weight is 234 g/mol. The van der Waals surface area contributed by atoms with E-state index in [-0.39, 0.29) is 0 Å². The van der Waals surface area contributed by atoms with Crippen LogP contribution in [0.2, 0.25) is 0 Å². The van der Waals surface area contributed by atoms with Crippen molar-refractivity contribution in [1.82, 2.24) is 4.98 Å². The molecule has 1 aromatic heterocycles. The van der Waals surface area contributed by atoms with Gasteiger partial charge in [-0.05, 0) is 13.8 Å². The fourth-order valence-corrected chi connectivity index (χ4v) is 2.44. The predicted molar refractivity (Wildman–Crippen MR) is 66.0 cm³/mol. The Morgan fingerprint density at radius 1 is 1.25 bits per heavy atom. The van der Waals surface area contributed by atoms with Gasteiger partial charge in [0, 0.05) is 10.4 Å². The summed E-state index contributed by atoms with van der Waals surface area (Å²) in [5, 5.41) is 0.913. The summed E-state index contributed by atoms with van der Waals surface area (Å²) in [5.41, 5.74) is 3.42. The van der Waals surface area contributed by atoms with Crippen LogP contribution in [-0.2, 0) is 11.4 Å². The molecule has 4 heteroatoms. The molecule has 1 heterocycles. The number of nitrogens with zero attached hydrogens (tertiary/aromatic N) is 1. The van der Waals surface area contributed by atoms with Crippen molar-refractivity contribution >= 4 is 11.3 Å². The van der Waals surface area contributed by atoms with E-state index in [2.05, 4.69) is 47.9 Å². The van der Waals surface area contributed by atoms with E-state index in [1.54, 1.807) is 11.3 Å². The number of aryl methyl sites for hydroxylation is 2. The van der Waals surface area contributed by atoms with E-state index < -0.39 is 0 Å². The van der Waals surface area contributed by atoms with Gasteiger partial charge in [-0.25, -0.2) is 10.9 Å². The Morgan fingerprint density at radius 2 is 1.94 bits per heavy atom. The minimum Gasteiger partial charge on any atom is -0.297 e. The molecule has 0 aliphatic rings. The molecule has 0 atom stereocenters. The van der Waals surface area contributed by atoms with E-state index in [0.717, 1.165) is 16.3 Å². The molecule has 0 aliphatic heterocycles. The first-order valence-corrected chi connectivity index (χ1v) is 5.87. The van der Waals surface area contributed by atoms with E-state index in [4.69, 9.17) is 5.90 Å². The second-order valence-electron chi connectivity index (χ2n) is 3.69. The zero-order valence-corrected chi connectivity index (χ0v) is 10.2. The van der Waals surface area contributed by atoms with Crippen LogP contribution in [0.3, 0.4) is 0 Å². The van der Waals surface area contributed by atoms with Gasteiger partial charge in [-0.15, -0.1) is 11.3 Å². The number of rotatable bonds is 3. The third-order valence-corrected chi connectivity index (χ3v) is 3.32. The molecular formula is C12H14N2OS. The van der Waals surface area contributed by atoms with E-state index >= 15 is 0 Å². The molecule has 0 saturated carbocycles. The Morgan fingerprint density at radius 3 is 2.56 bits per heavy atom. The van der Waals surface area contributed by atoms with Crippen molar-refractivity contribution in [2.75, 3.05) is 0 Å². The zero-order valence-electron chi connectivity index (χ0n) is 9.36. The van der Waals surface area contributed by atoms with Gasteiger partial charge in [0.15, 0.2) is 0 Å². The number of benzene rings is 1. The molecule has 2 N–H and O–H groups in total. The van der Waals surface area contributed by atoms with Crippen molar-refractivity contribution in [3.8, 4) is 11.3 Å². The fraction of sp³-hybridized carbons (Fsp3) is 0.250. The van der Waals surface area contributed by atoms with E-state index in [1.807, 2.05) is 0 Å². The number of thiazole rings is 1. The third-order valence-electron chi connectivity index (χ3n) is 2.37. The predicted octanol–water partition coefficient (Wildman–Crippen LogP) is 2.82. The highest BCUT2D eigenvalue weighted by molar-refractivity contribution is 7.12. The Kier molecular flexibility index (Phi) is 3.33. The Balaban J connectivity index is 2.36. The van der Waals surface area contributed by atoms with Crippen LogP contribution < -0.4 is 5.90 Å². The summed E-state index contributed by atoms with van der Waals surface area (Å²) in [7, 11) is 0. The van der Waals surface area contributed by atoms with Gasteiger partial charge in [-0.2, -0.15) is 0 Å². The van der Waals surface area contributed by atoms with E-state index in [1.165, 1.54) is 10.4 Å². The smallest absolute Gasteiger partial charge is 0.121 e. The molecule has 0 bridgehead atoms. The Bertz CT molecular complexity index is 476. The number of hydrogen-bond donors (Lipinski definition) is 1. The van der Waals surface area contributed by atoms with Gasteiger partial charge in [0.2, 0.25) is 0 Å². The standard InChI is InChI=1S/C12H14N2OS/c1-8-3-5-10(6-4-8)12-9(2)16-11(14-12)7-15-13/h3-6H,7,13H2,1-2H3. The lowest BCUT2D eigenvalue weighted by molar-refractivity contribution is 0.124. The first-order valence-electron chi connectivity index (χ1n) is 5.05. The summed E-state index contributed by atoms with van der Waals surface area (Å²) in [6, 6.07) is 8.36. The molecule has 0 fully saturated rings. The minimum atomic E-state index is 0.372. The molecule has 2 aromatic rings. The molecule has 0 saturated heterocycles. The highest BCUT2D eigenvalue weighted by Crippen LogP contribution is 2.27. The Hall–Kier alpha value is -1.23. The zero-order chi connectivity index (χ0) is 11.5. The summed E-state index contributed by atoms with van der Waals surface area (Å²) < 4.78 is 0. The van der Waals surface area contributed by atoms with Crippen LogP contribution in [0.1, 0.15) is 15.4 Å². The highest BCUT2D eigenvalue weighted by atomic mass is 32.1. The minimum absolute atomic E-state index is 0.372. The van der Waals surface area contributed by atoms with Gasteiger partial charge in [-0.1, -0.05) is 29.8 Å². The molecule has 84 valence electrons.